The molecule has 2 aromatic rings. The van der Waals surface area contributed by atoms with Crippen LogP contribution in [0.2, 0.25) is 5.02 Å². The third kappa shape index (κ3) is 2.81. The zero-order chi connectivity index (χ0) is 16.0. The van der Waals surface area contributed by atoms with E-state index in [1.807, 2.05) is 19.1 Å². The number of H-pyrrole nitrogens is 1. The molecule has 4 rings (SSSR count). The molecule has 2 atom stereocenters. The number of halogens is 1. The highest BCUT2D eigenvalue weighted by Crippen LogP contribution is 2.33. The van der Waals surface area contributed by atoms with Crippen molar-refractivity contribution >= 4 is 11.6 Å². The van der Waals surface area contributed by atoms with E-state index >= 15 is 0 Å². The van der Waals surface area contributed by atoms with Crippen LogP contribution in [0.15, 0.2) is 29.1 Å². The smallest absolute Gasteiger partial charge is 0.254 e. The van der Waals surface area contributed by atoms with Crippen molar-refractivity contribution in [1.82, 2.24) is 14.9 Å². The first-order valence-electron chi connectivity index (χ1n) is 8.19. The molecule has 0 radical (unpaired) electrons. The van der Waals surface area contributed by atoms with Gasteiger partial charge in [-0.25, -0.2) is 4.98 Å². The summed E-state index contributed by atoms with van der Waals surface area (Å²) in [4.78, 5) is 22.3. The number of aromatic amines is 1. The van der Waals surface area contributed by atoms with Crippen LogP contribution in [0.5, 0.6) is 0 Å². The Hall–Kier alpha value is -1.65. The van der Waals surface area contributed by atoms with Crippen LogP contribution in [-0.2, 0) is 19.4 Å². The van der Waals surface area contributed by atoms with Crippen LogP contribution in [0.25, 0.3) is 0 Å². The molecule has 1 aromatic heterocycles. The normalized spacial score (nSPS) is 23.6. The van der Waals surface area contributed by atoms with Gasteiger partial charge in [-0.1, -0.05) is 23.7 Å². The second kappa shape index (κ2) is 5.77. The second-order valence-corrected chi connectivity index (χ2v) is 7.11. The average Bonchev–Trinajstić information content (AvgIpc) is 2.78. The van der Waals surface area contributed by atoms with Gasteiger partial charge >= 0.3 is 0 Å². The zero-order valence-electron chi connectivity index (χ0n) is 13.2. The minimum Gasteiger partial charge on any atom is -0.311 e. The van der Waals surface area contributed by atoms with Gasteiger partial charge in [-0.3, -0.25) is 9.69 Å². The largest absolute Gasteiger partial charge is 0.311 e. The topological polar surface area (TPSA) is 49.0 Å². The van der Waals surface area contributed by atoms with E-state index in [9.17, 15) is 4.79 Å². The van der Waals surface area contributed by atoms with Gasteiger partial charge in [-0.05, 0) is 43.9 Å². The molecule has 1 N–H and O–H groups in total. The molecule has 4 nitrogen and oxygen atoms in total. The molecule has 2 bridgehead atoms. The average molecular weight is 330 g/mol. The molecule has 0 spiro atoms. The van der Waals surface area contributed by atoms with Crippen molar-refractivity contribution in [3.05, 3.63) is 62.3 Å². The fourth-order valence-electron chi connectivity index (χ4n) is 4.02. The summed E-state index contributed by atoms with van der Waals surface area (Å²) in [6, 6.07) is 8.99. The maximum absolute atomic E-state index is 12.3. The lowest BCUT2D eigenvalue weighted by Crippen LogP contribution is -2.36. The number of hydrogen-bond acceptors (Lipinski definition) is 3. The van der Waals surface area contributed by atoms with Crippen molar-refractivity contribution in [2.24, 2.45) is 0 Å². The van der Waals surface area contributed by atoms with Crippen LogP contribution in [0, 0.1) is 6.92 Å². The van der Waals surface area contributed by atoms with Crippen LogP contribution in [0.4, 0.5) is 0 Å². The Morgan fingerprint density at radius 1 is 1.22 bits per heavy atom. The molecule has 0 saturated carbocycles. The fraction of sp³-hybridized carbons (Fsp3) is 0.444. The maximum Gasteiger partial charge on any atom is 0.254 e. The van der Waals surface area contributed by atoms with Crippen LogP contribution in [-0.4, -0.2) is 27.0 Å². The molecule has 2 aliphatic heterocycles. The molecule has 120 valence electrons. The van der Waals surface area contributed by atoms with Crippen molar-refractivity contribution in [1.29, 1.82) is 0 Å². The van der Waals surface area contributed by atoms with Gasteiger partial charge in [-0.15, -0.1) is 0 Å². The molecule has 1 saturated heterocycles. The monoisotopic (exact) mass is 329 g/mol. The van der Waals surface area contributed by atoms with Crippen molar-refractivity contribution in [2.75, 3.05) is 0 Å². The van der Waals surface area contributed by atoms with E-state index in [1.165, 1.54) is 12.0 Å². The Balaban J connectivity index is 1.64. The predicted octanol–water partition coefficient (Wildman–Crippen LogP) is 2.86. The Morgan fingerprint density at radius 3 is 2.65 bits per heavy atom. The van der Waals surface area contributed by atoms with Crippen LogP contribution >= 0.6 is 11.6 Å². The summed E-state index contributed by atoms with van der Waals surface area (Å²) in [5.74, 6) is 0.718. The van der Waals surface area contributed by atoms with E-state index in [1.54, 1.807) is 0 Å². The van der Waals surface area contributed by atoms with Gasteiger partial charge in [0.15, 0.2) is 0 Å². The number of rotatable bonds is 2. The summed E-state index contributed by atoms with van der Waals surface area (Å²) in [6.07, 6.45) is 4.03. The van der Waals surface area contributed by atoms with Gasteiger partial charge in [0.2, 0.25) is 0 Å². The number of fused-ring (bicyclic) bond motifs is 3. The number of aromatic nitrogens is 2. The summed E-state index contributed by atoms with van der Waals surface area (Å²) in [7, 11) is 0. The van der Waals surface area contributed by atoms with E-state index in [0.29, 0.717) is 12.1 Å². The standard InChI is InChI=1S/C18H20ClN3O/c1-11-20-17-9-15-7-6-14(8-16(17)18(23)21-11)22(15)10-12-2-4-13(19)5-3-12/h2-5,14-15H,6-10H2,1H3,(H,20,21,23)/t14-,15-/m0/s1. The van der Waals surface area contributed by atoms with E-state index in [0.717, 1.165) is 47.9 Å². The summed E-state index contributed by atoms with van der Waals surface area (Å²) >= 11 is 5.98. The zero-order valence-corrected chi connectivity index (χ0v) is 13.9. The molecule has 3 heterocycles. The number of nitrogens with one attached hydrogen (secondary N) is 1. The molecule has 5 heteroatoms. The van der Waals surface area contributed by atoms with E-state index in [-0.39, 0.29) is 5.56 Å². The SMILES string of the molecule is Cc1nc2c(c(=O)[nH]1)C[C@@H]1CC[C@@H](C2)N1Cc1ccc(Cl)cc1. The quantitative estimate of drug-likeness (QED) is 0.921. The molecule has 23 heavy (non-hydrogen) atoms. The first-order chi connectivity index (χ1) is 11.1. The van der Waals surface area contributed by atoms with E-state index < -0.39 is 0 Å². The van der Waals surface area contributed by atoms with Crippen molar-refractivity contribution in [3.63, 3.8) is 0 Å². The first kappa shape index (κ1) is 14.9. The number of nitrogens with zero attached hydrogens (tertiary/aromatic N) is 2. The minimum atomic E-state index is 0.0477. The van der Waals surface area contributed by atoms with E-state index in [2.05, 4.69) is 27.0 Å². The van der Waals surface area contributed by atoms with Crippen molar-refractivity contribution in [3.8, 4) is 0 Å². The molecule has 1 fully saturated rings. The Kier molecular flexibility index (Phi) is 3.74. The molecular weight excluding hydrogens is 310 g/mol. The van der Waals surface area contributed by atoms with E-state index in [4.69, 9.17) is 11.6 Å². The third-order valence-electron chi connectivity index (χ3n) is 5.14. The lowest BCUT2D eigenvalue weighted by molar-refractivity contribution is 0.187. The summed E-state index contributed by atoms with van der Waals surface area (Å²) in [5, 5.41) is 0.770. The highest BCUT2D eigenvalue weighted by molar-refractivity contribution is 6.30. The minimum absolute atomic E-state index is 0.0477. The van der Waals surface area contributed by atoms with Gasteiger partial charge in [0.1, 0.15) is 5.82 Å². The molecule has 0 amide bonds. The van der Waals surface area contributed by atoms with Gasteiger partial charge in [0.25, 0.3) is 5.56 Å². The Morgan fingerprint density at radius 2 is 1.91 bits per heavy atom. The van der Waals surface area contributed by atoms with Gasteiger partial charge in [-0.2, -0.15) is 0 Å². The predicted molar refractivity (Wildman–Crippen MR) is 90.8 cm³/mol. The Labute approximate surface area is 140 Å². The lowest BCUT2D eigenvalue weighted by Gasteiger charge is -2.27. The summed E-state index contributed by atoms with van der Waals surface area (Å²) in [5.41, 5.74) is 3.21. The van der Waals surface area contributed by atoms with Gasteiger partial charge in [0, 0.05) is 35.6 Å². The highest BCUT2D eigenvalue weighted by atomic mass is 35.5. The number of aryl methyl sites for hydroxylation is 1. The van der Waals surface area contributed by atoms with Crippen LogP contribution < -0.4 is 5.56 Å². The van der Waals surface area contributed by atoms with Crippen LogP contribution in [0.1, 0.15) is 35.5 Å². The lowest BCUT2D eigenvalue weighted by atomic mass is 9.98. The highest BCUT2D eigenvalue weighted by Gasteiger charge is 2.38. The first-order valence-corrected chi connectivity index (χ1v) is 8.57. The third-order valence-corrected chi connectivity index (χ3v) is 5.39. The fourth-order valence-corrected chi connectivity index (χ4v) is 4.14. The van der Waals surface area contributed by atoms with Crippen LogP contribution in [0.3, 0.4) is 0 Å². The molecule has 0 unspecified atom stereocenters. The maximum atomic E-state index is 12.3. The van der Waals surface area contributed by atoms with Gasteiger partial charge < -0.3 is 4.98 Å². The second-order valence-electron chi connectivity index (χ2n) is 6.67. The summed E-state index contributed by atoms with van der Waals surface area (Å²) < 4.78 is 0. The van der Waals surface area contributed by atoms with Crippen molar-refractivity contribution < 1.29 is 0 Å². The van der Waals surface area contributed by atoms with Gasteiger partial charge in [0.05, 0.1) is 5.69 Å². The Bertz CT molecular complexity index is 784. The molecule has 0 aliphatic carbocycles. The summed E-state index contributed by atoms with van der Waals surface area (Å²) in [6.45, 7) is 2.77. The van der Waals surface area contributed by atoms with Crippen molar-refractivity contribution in [2.45, 2.75) is 51.2 Å². The molecule has 1 aromatic carbocycles. The molecular formula is C18H20ClN3O. The number of benzene rings is 1. The molecule has 2 aliphatic rings. The number of hydrogen-bond donors (Lipinski definition) is 1.